The van der Waals surface area contributed by atoms with E-state index >= 15 is 0 Å². The summed E-state index contributed by atoms with van der Waals surface area (Å²) in [5.74, 6) is 0.763. The van der Waals surface area contributed by atoms with E-state index in [0.29, 0.717) is 11.8 Å². The van der Waals surface area contributed by atoms with E-state index in [1.165, 1.54) is 12.6 Å². The number of piperidine rings is 1. The second-order valence-corrected chi connectivity index (χ2v) is 8.54. The van der Waals surface area contributed by atoms with Crippen molar-refractivity contribution in [3.63, 3.8) is 0 Å². The van der Waals surface area contributed by atoms with E-state index in [1.807, 2.05) is 24.3 Å². The normalized spacial score (nSPS) is 19.9. The number of halogens is 3. The van der Waals surface area contributed by atoms with Gasteiger partial charge in [0.2, 0.25) is 5.91 Å². The molecule has 0 radical (unpaired) electrons. The van der Waals surface area contributed by atoms with Crippen molar-refractivity contribution in [2.24, 2.45) is 11.8 Å². The Kier molecular flexibility index (Phi) is 7.20. The lowest BCUT2D eigenvalue weighted by molar-refractivity contribution is -0.139. The van der Waals surface area contributed by atoms with Crippen LogP contribution in [0.1, 0.15) is 37.0 Å². The summed E-state index contributed by atoms with van der Waals surface area (Å²) in [6.45, 7) is 7.14. The molecule has 31 heavy (non-hydrogen) atoms. The number of nitrogens with zero attached hydrogens (tertiary/aromatic N) is 2. The van der Waals surface area contributed by atoms with Gasteiger partial charge >= 0.3 is 6.18 Å². The highest BCUT2D eigenvalue weighted by molar-refractivity contribution is 5.75. The minimum atomic E-state index is -4.75. The largest absolute Gasteiger partial charge is 0.421 e. The Morgan fingerprint density at radius 3 is 2.35 bits per heavy atom. The molecule has 2 heterocycles. The molecule has 0 spiro atoms. The number of pyridine rings is 1. The van der Waals surface area contributed by atoms with E-state index in [9.17, 15) is 22.8 Å². The van der Waals surface area contributed by atoms with Gasteiger partial charge in [-0.1, -0.05) is 38.1 Å². The van der Waals surface area contributed by atoms with E-state index in [4.69, 9.17) is 0 Å². The molecule has 1 fully saturated rings. The number of carbonyl (C=O) groups is 1. The topological polar surface area (TPSA) is 54.3 Å². The Morgan fingerprint density at radius 2 is 1.71 bits per heavy atom. The summed E-state index contributed by atoms with van der Waals surface area (Å²) in [6, 6.07) is 9.65. The van der Waals surface area contributed by atoms with Gasteiger partial charge in [0.05, 0.1) is 0 Å². The summed E-state index contributed by atoms with van der Waals surface area (Å²) in [7, 11) is 0. The van der Waals surface area contributed by atoms with Gasteiger partial charge in [0.1, 0.15) is 12.1 Å². The third kappa shape index (κ3) is 6.19. The Hall–Kier alpha value is -2.61. The lowest BCUT2D eigenvalue weighted by Gasteiger charge is -2.35. The molecule has 1 amide bonds. The summed E-state index contributed by atoms with van der Waals surface area (Å²) in [6.07, 6.45) is -2.34. The fourth-order valence-corrected chi connectivity index (χ4v) is 4.33. The molecule has 8 heteroatoms. The van der Waals surface area contributed by atoms with E-state index in [2.05, 4.69) is 24.1 Å². The zero-order valence-corrected chi connectivity index (χ0v) is 17.8. The summed E-state index contributed by atoms with van der Waals surface area (Å²) in [4.78, 5) is 26.8. The maximum atomic E-state index is 12.9. The quantitative estimate of drug-likeness (QED) is 0.754. The molecule has 2 atom stereocenters. The highest BCUT2D eigenvalue weighted by atomic mass is 19.4. The maximum absolute atomic E-state index is 12.9. The number of alkyl halides is 3. The van der Waals surface area contributed by atoms with Gasteiger partial charge in [0.15, 0.2) is 0 Å². The molecule has 1 aliphatic heterocycles. The van der Waals surface area contributed by atoms with Crippen LogP contribution in [0.15, 0.2) is 47.4 Å². The monoisotopic (exact) mass is 435 g/mol. The second kappa shape index (κ2) is 9.68. The van der Waals surface area contributed by atoms with Crippen LogP contribution in [0.2, 0.25) is 0 Å². The minimum Gasteiger partial charge on any atom is -0.350 e. The molecule has 1 aromatic heterocycles. The molecule has 0 bridgehead atoms. The van der Waals surface area contributed by atoms with Crippen molar-refractivity contribution in [3.05, 3.63) is 69.6 Å². The van der Waals surface area contributed by atoms with Gasteiger partial charge in [-0.05, 0) is 41.5 Å². The molecule has 168 valence electrons. The van der Waals surface area contributed by atoms with Crippen molar-refractivity contribution in [2.75, 3.05) is 13.1 Å². The number of carbonyl (C=O) groups excluding carboxylic acids is 1. The van der Waals surface area contributed by atoms with Crippen LogP contribution >= 0.6 is 0 Å². The fourth-order valence-electron chi connectivity index (χ4n) is 4.33. The van der Waals surface area contributed by atoms with Gasteiger partial charge in [-0.25, -0.2) is 0 Å². The summed E-state index contributed by atoms with van der Waals surface area (Å²) >= 11 is 0. The van der Waals surface area contributed by atoms with Gasteiger partial charge in [0, 0.05) is 32.4 Å². The van der Waals surface area contributed by atoms with Crippen LogP contribution in [0.5, 0.6) is 0 Å². The van der Waals surface area contributed by atoms with Crippen LogP contribution in [-0.2, 0) is 30.6 Å². The van der Waals surface area contributed by atoms with Gasteiger partial charge in [-0.2, -0.15) is 13.2 Å². The lowest BCUT2D eigenvalue weighted by Crippen LogP contribution is -2.38. The zero-order valence-electron chi connectivity index (χ0n) is 17.8. The summed E-state index contributed by atoms with van der Waals surface area (Å²) < 4.78 is 39.5. The molecule has 0 aliphatic carbocycles. The first-order valence-electron chi connectivity index (χ1n) is 10.5. The lowest BCUT2D eigenvalue weighted by atomic mass is 9.91. The van der Waals surface area contributed by atoms with Crippen LogP contribution in [-0.4, -0.2) is 28.5 Å². The summed E-state index contributed by atoms with van der Waals surface area (Å²) in [5, 5.41) is 2.73. The van der Waals surface area contributed by atoms with Gasteiger partial charge in [-0.3, -0.25) is 14.5 Å². The van der Waals surface area contributed by atoms with Crippen molar-refractivity contribution in [1.82, 2.24) is 14.8 Å². The number of amides is 1. The number of likely N-dealkylation sites (tertiary alicyclic amines) is 1. The SMILES string of the molecule is C[C@@H]1C[C@H](C)CN(Cc2ccccc2CNC(=O)Cn2cccc(C(F)(F)F)c2=O)C1. The fraction of sp³-hybridized carbons (Fsp3) is 0.478. The Morgan fingerprint density at radius 1 is 1.06 bits per heavy atom. The maximum Gasteiger partial charge on any atom is 0.421 e. The third-order valence-electron chi connectivity index (χ3n) is 5.57. The first-order chi connectivity index (χ1) is 14.6. The second-order valence-electron chi connectivity index (χ2n) is 8.54. The van der Waals surface area contributed by atoms with Crippen LogP contribution in [0.4, 0.5) is 13.2 Å². The van der Waals surface area contributed by atoms with E-state index in [-0.39, 0.29) is 6.54 Å². The van der Waals surface area contributed by atoms with E-state index in [0.717, 1.165) is 47.5 Å². The third-order valence-corrected chi connectivity index (χ3v) is 5.57. The van der Waals surface area contributed by atoms with E-state index < -0.39 is 29.8 Å². The van der Waals surface area contributed by atoms with Crippen LogP contribution < -0.4 is 10.9 Å². The number of nitrogens with one attached hydrogen (secondary N) is 1. The molecule has 3 rings (SSSR count). The minimum absolute atomic E-state index is 0.252. The van der Waals surface area contributed by atoms with Crippen molar-refractivity contribution in [2.45, 2.75) is 46.1 Å². The van der Waals surface area contributed by atoms with Crippen LogP contribution in [0, 0.1) is 11.8 Å². The highest BCUT2D eigenvalue weighted by Gasteiger charge is 2.34. The molecule has 1 aliphatic rings. The molecule has 2 aromatic rings. The van der Waals surface area contributed by atoms with Gasteiger partial charge < -0.3 is 9.88 Å². The average molecular weight is 435 g/mol. The standard InChI is InChI=1S/C23H28F3N3O2/c1-16-10-17(2)13-28(12-16)14-19-7-4-3-6-18(19)11-27-21(30)15-29-9-5-8-20(22(29)31)23(24,25)26/h3-9,16-17H,10-15H2,1-2H3,(H,27,30)/t16-,17+. The molecule has 0 unspecified atom stereocenters. The predicted molar refractivity (Wildman–Crippen MR) is 112 cm³/mol. The van der Waals surface area contributed by atoms with Gasteiger partial charge in [0.25, 0.3) is 5.56 Å². The first kappa shape index (κ1) is 23.1. The molecular formula is C23H28F3N3O2. The van der Waals surface area contributed by atoms with Crippen LogP contribution in [0.3, 0.4) is 0 Å². The van der Waals surface area contributed by atoms with E-state index in [1.54, 1.807) is 0 Å². The molecule has 1 aromatic carbocycles. The highest BCUT2D eigenvalue weighted by Crippen LogP contribution is 2.26. The Bertz CT molecular complexity index is 961. The number of benzene rings is 1. The zero-order chi connectivity index (χ0) is 22.6. The Labute approximate surface area is 179 Å². The summed E-state index contributed by atoms with van der Waals surface area (Å²) in [5.41, 5.74) is -0.435. The van der Waals surface area contributed by atoms with Crippen LogP contribution in [0.25, 0.3) is 0 Å². The van der Waals surface area contributed by atoms with Gasteiger partial charge in [-0.15, -0.1) is 0 Å². The molecule has 1 N–H and O–H groups in total. The first-order valence-corrected chi connectivity index (χ1v) is 10.5. The number of hydrogen-bond acceptors (Lipinski definition) is 3. The van der Waals surface area contributed by atoms with Crippen molar-refractivity contribution >= 4 is 5.91 Å². The smallest absolute Gasteiger partial charge is 0.350 e. The van der Waals surface area contributed by atoms with Crippen molar-refractivity contribution in [3.8, 4) is 0 Å². The molecule has 5 nitrogen and oxygen atoms in total. The molecule has 1 saturated heterocycles. The predicted octanol–water partition coefficient (Wildman–Crippen LogP) is 3.66. The Balaban J connectivity index is 1.63. The average Bonchev–Trinajstić information content (AvgIpc) is 2.67. The molecule has 0 saturated carbocycles. The number of rotatable bonds is 6. The number of hydrogen-bond donors (Lipinski definition) is 1. The van der Waals surface area contributed by atoms with Crippen molar-refractivity contribution < 1.29 is 18.0 Å². The molecular weight excluding hydrogens is 407 g/mol. The number of aromatic nitrogens is 1. The van der Waals surface area contributed by atoms with Crippen molar-refractivity contribution in [1.29, 1.82) is 0 Å².